The third-order valence-electron chi connectivity index (χ3n) is 5.16. The molecule has 5 nitrogen and oxygen atoms in total. The monoisotopic (exact) mass is 358 g/mol. The molecule has 0 radical (unpaired) electrons. The van der Waals surface area contributed by atoms with Crippen LogP contribution in [0.2, 0.25) is 0 Å². The van der Waals surface area contributed by atoms with E-state index < -0.39 is 0 Å². The fourth-order valence-corrected chi connectivity index (χ4v) is 4.90. The molecule has 134 valence electrons. The Kier molecular flexibility index (Phi) is 4.63. The van der Waals surface area contributed by atoms with E-state index in [4.69, 9.17) is 9.97 Å². The molecule has 2 aliphatic carbocycles. The van der Waals surface area contributed by atoms with Crippen molar-refractivity contribution in [2.45, 2.75) is 57.8 Å². The molecule has 0 atom stereocenters. The highest BCUT2D eigenvalue weighted by Gasteiger charge is 2.30. The van der Waals surface area contributed by atoms with E-state index in [9.17, 15) is 4.79 Å². The maximum Gasteiger partial charge on any atom is 0.216 e. The number of hydrogen-bond donors (Lipinski definition) is 1. The summed E-state index contributed by atoms with van der Waals surface area (Å²) in [6.45, 7) is 3.17. The van der Waals surface area contributed by atoms with Gasteiger partial charge in [0.1, 0.15) is 16.5 Å². The second-order valence-corrected chi connectivity index (χ2v) is 8.41. The molecule has 0 spiro atoms. The maximum absolute atomic E-state index is 11.0. The molecular formula is C19H26N4OS. The van der Waals surface area contributed by atoms with Crippen molar-refractivity contribution in [3.63, 3.8) is 0 Å². The van der Waals surface area contributed by atoms with E-state index in [0.717, 1.165) is 31.0 Å². The van der Waals surface area contributed by atoms with Crippen molar-refractivity contribution in [1.29, 1.82) is 0 Å². The number of carbonyl (C=O) groups excluding carboxylic acids is 1. The molecule has 2 aromatic heterocycles. The lowest BCUT2D eigenvalue weighted by atomic mass is 9.97. The average molecular weight is 359 g/mol. The molecule has 0 saturated heterocycles. The lowest BCUT2D eigenvalue weighted by Gasteiger charge is -2.21. The van der Waals surface area contributed by atoms with Gasteiger partial charge >= 0.3 is 0 Å². The Balaban J connectivity index is 1.65. The van der Waals surface area contributed by atoms with Crippen LogP contribution in [-0.4, -0.2) is 36.0 Å². The Hall–Kier alpha value is -1.69. The van der Waals surface area contributed by atoms with Crippen LogP contribution in [-0.2, 0) is 17.6 Å². The molecular weight excluding hydrogens is 332 g/mol. The first-order valence-corrected chi connectivity index (χ1v) is 10.2. The molecule has 1 amide bonds. The number of fused-ring (bicyclic) bond motifs is 3. The summed E-state index contributed by atoms with van der Waals surface area (Å²) in [5, 5.41) is 4.18. The number of rotatable bonds is 6. The van der Waals surface area contributed by atoms with Crippen molar-refractivity contribution in [3.8, 4) is 0 Å². The Morgan fingerprint density at radius 1 is 1.28 bits per heavy atom. The van der Waals surface area contributed by atoms with Crippen LogP contribution in [0.5, 0.6) is 0 Å². The lowest BCUT2D eigenvalue weighted by Crippen LogP contribution is -2.27. The Morgan fingerprint density at radius 3 is 2.84 bits per heavy atom. The van der Waals surface area contributed by atoms with Gasteiger partial charge in [0.15, 0.2) is 0 Å². The number of thiophene rings is 1. The molecule has 2 heterocycles. The zero-order chi connectivity index (χ0) is 17.4. The second kappa shape index (κ2) is 6.90. The highest BCUT2D eigenvalue weighted by Crippen LogP contribution is 2.43. The van der Waals surface area contributed by atoms with Gasteiger partial charge in [-0.1, -0.05) is 0 Å². The van der Waals surface area contributed by atoms with E-state index in [0.29, 0.717) is 12.5 Å². The maximum atomic E-state index is 11.0. The first kappa shape index (κ1) is 16.8. The number of nitrogens with zero attached hydrogens (tertiary/aromatic N) is 3. The predicted molar refractivity (Wildman–Crippen MR) is 103 cm³/mol. The van der Waals surface area contributed by atoms with Crippen LogP contribution in [0.4, 0.5) is 5.82 Å². The molecule has 0 bridgehead atoms. The Morgan fingerprint density at radius 2 is 2.08 bits per heavy atom. The molecule has 4 rings (SSSR count). The summed E-state index contributed by atoms with van der Waals surface area (Å²) in [6, 6.07) is 0. The number of hydrogen-bond acceptors (Lipinski definition) is 5. The summed E-state index contributed by atoms with van der Waals surface area (Å²) >= 11 is 1.89. The Bertz CT molecular complexity index is 796. The minimum absolute atomic E-state index is 0.0370. The summed E-state index contributed by atoms with van der Waals surface area (Å²) in [5.41, 5.74) is 1.50. The summed E-state index contributed by atoms with van der Waals surface area (Å²) in [5.74, 6) is 2.74. The quantitative estimate of drug-likeness (QED) is 0.804. The fraction of sp³-hybridized carbons (Fsp3) is 0.632. The van der Waals surface area contributed by atoms with Crippen LogP contribution in [0.1, 0.15) is 61.2 Å². The number of amides is 1. The van der Waals surface area contributed by atoms with Crippen molar-refractivity contribution in [1.82, 2.24) is 15.3 Å². The van der Waals surface area contributed by atoms with E-state index in [-0.39, 0.29) is 5.91 Å². The fourth-order valence-electron chi connectivity index (χ4n) is 3.64. The first-order valence-electron chi connectivity index (χ1n) is 9.41. The van der Waals surface area contributed by atoms with Gasteiger partial charge in [-0.2, -0.15) is 0 Å². The van der Waals surface area contributed by atoms with Crippen LogP contribution in [0, 0.1) is 0 Å². The molecule has 1 fully saturated rings. The van der Waals surface area contributed by atoms with Gasteiger partial charge in [0.25, 0.3) is 0 Å². The van der Waals surface area contributed by atoms with Crippen LogP contribution < -0.4 is 10.2 Å². The molecule has 1 saturated carbocycles. The highest BCUT2D eigenvalue weighted by atomic mass is 32.1. The molecule has 25 heavy (non-hydrogen) atoms. The van der Waals surface area contributed by atoms with E-state index in [1.165, 1.54) is 52.8 Å². The van der Waals surface area contributed by atoms with Gasteiger partial charge in [0.05, 0.1) is 5.39 Å². The van der Waals surface area contributed by atoms with Crippen molar-refractivity contribution in [3.05, 3.63) is 16.3 Å². The largest absolute Gasteiger partial charge is 0.359 e. The van der Waals surface area contributed by atoms with Crippen molar-refractivity contribution < 1.29 is 4.79 Å². The number of carbonyl (C=O) groups is 1. The summed E-state index contributed by atoms with van der Waals surface area (Å²) in [6.07, 6.45) is 8.30. The van der Waals surface area contributed by atoms with Crippen LogP contribution in [0.3, 0.4) is 0 Å². The van der Waals surface area contributed by atoms with E-state index in [1.807, 2.05) is 11.3 Å². The predicted octanol–water partition coefficient (Wildman–Crippen LogP) is 3.41. The Labute approximate surface area is 152 Å². The van der Waals surface area contributed by atoms with Crippen LogP contribution in [0.25, 0.3) is 10.2 Å². The van der Waals surface area contributed by atoms with Gasteiger partial charge < -0.3 is 10.2 Å². The van der Waals surface area contributed by atoms with E-state index in [2.05, 4.69) is 17.3 Å². The number of aromatic nitrogens is 2. The normalized spacial score (nSPS) is 16.7. The third kappa shape index (κ3) is 3.50. The smallest absolute Gasteiger partial charge is 0.216 e. The first-order chi connectivity index (χ1) is 12.1. The van der Waals surface area contributed by atoms with E-state index >= 15 is 0 Å². The standard InChI is InChI=1S/C19H26N4OS/c1-12(24)20-10-5-11-23(2)18-16-14-6-3-4-7-15(14)25-19(16)22-17(21-18)13-8-9-13/h13H,3-11H2,1-2H3,(H,20,24). The minimum atomic E-state index is 0.0370. The van der Waals surface area contributed by atoms with E-state index in [1.54, 1.807) is 6.92 Å². The van der Waals surface area contributed by atoms with Gasteiger partial charge in [-0.3, -0.25) is 4.79 Å². The number of nitrogens with one attached hydrogen (secondary N) is 1. The van der Waals surface area contributed by atoms with Gasteiger partial charge in [-0.05, 0) is 50.5 Å². The second-order valence-electron chi connectivity index (χ2n) is 7.33. The molecule has 0 aromatic carbocycles. The SMILES string of the molecule is CC(=O)NCCCN(C)c1nc(C2CC2)nc2sc3c(c12)CCCC3. The van der Waals surface area contributed by atoms with Gasteiger partial charge in [-0.15, -0.1) is 11.3 Å². The zero-order valence-electron chi connectivity index (χ0n) is 15.1. The zero-order valence-corrected chi connectivity index (χ0v) is 15.9. The summed E-state index contributed by atoms with van der Waals surface area (Å²) < 4.78 is 0. The van der Waals surface area contributed by atoms with Gasteiger partial charge in [-0.25, -0.2) is 9.97 Å². The van der Waals surface area contributed by atoms with Crippen molar-refractivity contribution in [2.75, 3.05) is 25.0 Å². The molecule has 1 N–H and O–H groups in total. The van der Waals surface area contributed by atoms with Gasteiger partial charge in [0.2, 0.25) is 5.91 Å². The van der Waals surface area contributed by atoms with Crippen molar-refractivity contribution >= 4 is 33.3 Å². The van der Waals surface area contributed by atoms with Crippen LogP contribution >= 0.6 is 11.3 Å². The van der Waals surface area contributed by atoms with Crippen LogP contribution in [0.15, 0.2) is 0 Å². The summed E-state index contributed by atoms with van der Waals surface area (Å²) in [7, 11) is 2.12. The number of aryl methyl sites for hydroxylation is 2. The summed E-state index contributed by atoms with van der Waals surface area (Å²) in [4.78, 5) is 25.9. The van der Waals surface area contributed by atoms with Crippen molar-refractivity contribution in [2.24, 2.45) is 0 Å². The lowest BCUT2D eigenvalue weighted by molar-refractivity contribution is -0.118. The molecule has 2 aliphatic rings. The average Bonchev–Trinajstić information content (AvgIpc) is 3.38. The molecule has 0 aliphatic heterocycles. The molecule has 0 unspecified atom stereocenters. The highest BCUT2D eigenvalue weighted by molar-refractivity contribution is 7.19. The topological polar surface area (TPSA) is 58.1 Å². The molecule has 2 aromatic rings. The minimum Gasteiger partial charge on any atom is -0.359 e. The number of anilines is 1. The third-order valence-corrected chi connectivity index (χ3v) is 6.35. The van der Waals surface area contributed by atoms with Gasteiger partial charge in [0, 0.05) is 37.9 Å². The molecule has 6 heteroatoms.